The van der Waals surface area contributed by atoms with E-state index in [1.807, 2.05) is 34.6 Å². The highest BCUT2D eigenvalue weighted by atomic mass is 16.5. The van der Waals surface area contributed by atoms with Gasteiger partial charge in [-0.15, -0.1) is 0 Å². The standard InChI is InChI=1S/C26H47N3O4/c1-10-15-29-16-13-12-14-20(29)23(30)27-22(26(6,7)8)24(31)28(9)21(18(3)4)17-19(5)25(32)33-11-2/h17-18,20-22H,10-16H2,1-9H3,(H,27,30)/t20-,21-,22-/m1/s1. The molecule has 0 aromatic heterocycles. The van der Waals surface area contributed by atoms with Crippen molar-refractivity contribution in [3.05, 3.63) is 11.6 Å². The maximum atomic E-state index is 13.7. The van der Waals surface area contributed by atoms with Gasteiger partial charge in [-0.05, 0) is 57.5 Å². The Kier molecular flexibility index (Phi) is 11.6. The third kappa shape index (κ3) is 8.43. The van der Waals surface area contributed by atoms with Crippen molar-refractivity contribution >= 4 is 17.8 Å². The topological polar surface area (TPSA) is 79.0 Å². The highest BCUT2D eigenvalue weighted by Gasteiger charge is 2.39. The summed E-state index contributed by atoms with van der Waals surface area (Å²) in [6, 6.07) is -1.15. The van der Waals surface area contributed by atoms with Crippen molar-refractivity contribution in [2.75, 3.05) is 26.7 Å². The van der Waals surface area contributed by atoms with E-state index >= 15 is 0 Å². The van der Waals surface area contributed by atoms with Crippen LogP contribution in [0.3, 0.4) is 0 Å². The molecule has 7 nitrogen and oxygen atoms in total. The number of esters is 1. The predicted molar refractivity (Wildman–Crippen MR) is 133 cm³/mol. The van der Waals surface area contributed by atoms with E-state index in [4.69, 9.17) is 4.74 Å². The Balaban J connectivity index is 3.13. The fraction of sp³-hybridized carbons (Fsp3) is 0.808. The molecular formula is C26H47N3O4. The van der Waals surface area contributed by atoms with E-state index in [0.29, 0.717) is 12.2 Å². The average Bonchev–Trinajstić information content (AvgIpc) is 2.74. The van der Waals surface area contributed by atoms with Gasteiger partial charge in [-0.3, -0.25) is 14.5 Å². The molecule has 0 spiro atoms. The largest absolute Gasteiger partial charge is 0.463 e. The van der Waals surface area contributed by atoms with Crippen molar-refractivity contribution in [2.24, 2.45) is 11.3 Å². The number of nitrogens with one attached hydrogen (secondary N) is 1. The minimum atomic E-state index is -0.669. The SMILES string of the molecule is CCCN1CCCC[C@@H]1C(=O)N[C@H](C(=O)N(C)[C@H](C=C(C)C(=O)OCC)C(C)C)C(C)(C)C. The second-order valence-corrected chi connectivity index (χ2v) is 10.6. The van der Waals surface area contributed by atoms with Gasteiger partial charge in [0.25, 0.3) is 0 Å². The summed E-state index contributed by atoms with van der Waals surface area (Å²) in [6.07, 6.45) is 5.75. The van der Waals surface area contributed by atoms with Gasteiger partial charge in [-0.1, -0.05) is 54.0 Å². The van der Waals surface area contributed by atoms with Crippen molar-refractivity contribution in [3.63, 3.8) is 0 Å². The summed E-state index contributed by atoms with van der Waals surface area (Å²) >= 11 is 0. The second kappa shape index (κ2) is 13.1. The number of likely N-dealkylation sites (tertiary alicyclic amines) is 1. The van der Waals surface area contributed by atoms with E-state index in [2.05, 4.69) is 17.1 Å². The molecule has 0 bridgehead atoms. The quantitative estimate of drug-likeness (QED) is 0.392. The Morgan fingerprint density at radius 1 is 1.18 bits per heavy atom. The van der Waals surface area contributed by atoms with Gasteiger partial charge in [0.15, 0.2) is 0 Å². The Hall–Kier alpha value is -1.89. The number of piperidine rings is 1. The van der Waals surface area contributed by atoms with Crippen LogP contribution in [-0.4, -0.2) is 72.5 Å². The van der Waals surface area contributed by atoms with Gasteiger partial charge in [-0.25, -0.2) is 4.79 Å². The molecule has 2 amide bonds. The summed E-state index contributed by atoms with van der Waals surface area (Å²) in [7, 11) is 1.75. The number of ether oxygens (including phenoxy) is 1. The predicted octanol–water partition coefficient (Wildman–Crippen LogP) is 3.77. The van der Waals surface area contributed by atoms with Crippen molar-refractivity contribution < 1.29 is 19.1 Å². The molecule has 1 aliphatic rings. The minimum absolute atomic E-state index is 0.0656. The highest BCUT2D eigenvalue weighted by molar-refractivity contribution is 5.91. The van der Waals surface area contributed by atoms with Crippen LogP contribution in [0.1, 0.15) is 81.1 Å². The number of hydrogen-bond acceptors (Lipinski definition) is 5. The molecule has 1 aliphatic heterocycles. The van der Waals surface area contributed by atoms with E-state index in [1.165, 1.54) is 0 Å². The number of hydrogen-bond donors (Lipinski definition) is 1. The van der Waals surface area contributed by atoms with Crippen molar-refractivity contribution in [1.29, 1.82) is 0 Å². The summed E-state index contributed by atoms with van der Waals surface area (Å²) < 4.78 is 5.10. The van der Waals surface area contributed by atoms with Gasteiger partial charge in [0.05, 0.1) is 18.7 Å². The zero-order valence-electron chi connectivity index (χ0n) is 22.4. The molecule has 0 unspecified atom stereocenters. The number of rotatable bonds is 10. The van der Waals surface area contributed by atoms with Crippen molar-refractivity contribution in [2.45, 2.75) is 99.2 Å². The lowest BCUT2D eigenvalue weighted by Gasteiger charge is -2.40. The number of carbonyl (C=O) groups excluding carboxylic acids is 3. The maximum Gasteiger partial charge on any atom is 0.333 e. The Bertz CT molecular complexity index is 694. The van der Waals surface area contributed by atoms with Crippen molar-refractivity contribution in [3.8, 4) is 0 Å². The van der Waals surface area contributed by atoms with E-state index in [9.17, 15) is 14.4 Å². The van der Waals surface area contributed by atoms with Crippen LogP contribution in [0.15, 0.2) is 11.6 Å². The number of nitrogens with zero attached hydrogens (tertiary/aromatic N) is 2. The lowest BCUT2D eigenvalue weighted by Crippen LogP contribution is -2.60. The minimum Gasteiger partial charge on any atom is -0.463 e. The van der Waals surface area contributed by atoms with E-state index in [1.54, 1.807) is 31.9 Å². The van der Waals surface area contributed by atoms with Gasteiger partial charge < -0.3 is 15.0 Å². The second-order valence-electron chi connectivity index (χ2n) is 10.6. The molecule has 1 fully saturated rings. The van der Waals surface area contributed by atoms with E-state index < -0.39 is 11.5 Å². The van der Waals surface area contributed by atoms with Crippen LogP contribution in [-0.2, 0) is 19.1 Å². The molecule has 0 radical (unpaired) electrons. The highest BCUT2D eigenvalue weighted by Crippen LogP contribution is 2.25. The smallest absolute Gasteiger partial charge is 0.333 e. The fourth-order valence-electron chi connectivity index (χ4n) is 4.40. The molecule has 1 saturated heterocycles. The summed E-state index contributed by atoms with van der Waals surface area (Å²) in [6.45, 7) is 17.7. The molecule has 7 heteroatoms. The molecule has 1 heterocycles. The van der Waals surface area contributed by atoms with E-state index in [-0.39, 0.29) is 35.8 Å². The summed E-state index contributed by atoms with van der Waals surface area (Å²) in [4.78, 5) is 43.0. The van der Waals surface area contributed by atoms with Gasteiger partial charge in [0, 0.05) is 12.6 Å². The summed E-state index contributed by atoms with van der Waals surface area (Å²) in [5.41, 5.74) is 0.0103. The van der Waals surface area contributed by atoms with Crippen LogP contribution >= 0.6 is 0 Å². The summed E-state index contributed by atoms with van der Waals surface area (Å²) in [5.74, 6) is -0.513. The monoisotopic (exact) mass is 465 g/mol. The van der Waals surface area contributed by atoms with Crippen LogP contribution in [0, 0.1) is 11.3 Å². The zero-order valence-corrected chi connectivity index (χ0v) is 22.4. The first-order valence-corrected chi connectivity index (χ1v) is 12.5. The first-order chi connectivity index (χ1) is 15.3. The van der Waals surface area contributed by atoms with Gasteiger partial charge in [0.1, 0.15) is 6.04 Å². The molecule has 0 aromatic carbocycles. The molecule has 190 valence electrons. The Morgan fingerprint density at radius 2 is 1.82 bits per heavy atom. The fourth-order valence-corrected chi connectivity index (χ4v) is 4.40. The molecule has 0 aliphatic carbocycles. The van der Waals surface area contributed by atoms with Gasteiger partial charge >= 0.3 is 5.97 Å². The molecule has 1 rings (SSSR count). The zero-order chi connectivity index (χ0) is 25.3. The van der Waals surface area contributed by atoms with Crippen LogP contribution in [0.2, 0.25) is 0 Å². The van der Waals surface area contributed by atoms with Crippen molar-refractivity contribution in [1.82, 2.24) is 15.1 Å². The van der Waals surface area contributed by atoms with Crippen LogP contribution in [0.5, 0.6) is 0 Å². The lowest BCUT2D eigenvalue weighted by molar-refractivity contribution is -0.142. The van der Waals surface area contributed by atoms with Gasteiger partial charge in [-0.2, -0.15) is 0 Å². The molecule has 33 heavy (non-hydrogen) atoms. The van der Waals surface area contributed by atoms with Crippen LogP contribution < -0.4 is 5.32 Å². The molecule has 0 saturated carbocycles. The molecular weight excluding hydrogens is 418 g/mol. The molecule has 0 aromatic rings. The molecule has 3 atom stereocenters. The lowest BCUT2D eigenvalue weighted by atomic mass is 9.84. The Morgan fingerprint density at radius 3 is 2.33 bits per heavy atom. The first kappa shape index (κ1) is 29.1. The van der Waals surface area contributed by atoms with Crippen LogP contribution in [0.4, 0.5) is 0 Å². The van der Waals surface area contributed by atoms with E-state index in [0.717, 1.165) is 38.8 Å². The number of likely N-dealkylation sites (N-methyl/N-ethyl adjacent to an activating group) is 1. The number of carbonyl (C=O) groups is 3. The third-order valence-electron chi connectivity index (χ3n) is 6.32. The third-order valence-corrected chi connectivity index (χ3v) is 6.32. The Labute approximate surface area is 201 Å². The molecule has 1 N–H and O–H groups in total. The number of amides is 2. The van der Waals surface area contributed by atoms with Gasteiger partial charge in [0.2, 0.25) is 11.8 Å². The average molecular weight is 466 g/mol. The first-order valence-electron chi connectivity index (χ1n) is 12.5. The van der Waals surface area contributed by atoms with Crippen LogP contribution in [0.25, 0.3) is 0 Å². The normalized spacial score (nSPS) is 19.7. The summed E-state index contributed by atoms with van der Waals surface area (Å²) in [5, 5.41) is 3.10. The maximum absolute atomic E-state index is 13.7.